The van der Waals surface area contributed by atoms with Crippen molar-refractivity contribution < 1.29 is 4.79 Å². The van der Waals surface area contributed by atoms with E-state index in [1.807, 2.05) is 25.1 Å². The molecular formula is C16H25N3O. The highest BCUT2D eigenvalue weighted by Gasteiger charge is 2.32. The maximum absolute atomic E-state index is 12.1. The van der Waals surface area contributed by atoms with E-state index >= 15 is 0 Å². The van der Waals surface area contributed by atoms with Crippen LogP contribution in [0.4, 0.5) is 0 Å². The summed E-state index contributed by atoms with van der Waals surface area (Å²) >= 11 is 0. The molecule has 4 nitrogen and oxygen atoms in total. The van der Waals surface area contributed by atoms with Gasteiger partial charge in [0.25, 0.3) is 0 Å². The number of rotatable bonds is 5. The van der Waals surface area contributed by atoms with Gasteiger partial charge in [0.15, 0.2) is 0 Å². The molecule has 0 aromatic carbocycles. The Balaban J connectivity index is 1.85. The Morgan fingerprint density at radius 2 is 2.10 bits per heavy atom. The number of hydrogen-bond acceptors (Lipinski definition) is 3. The minimum atomic E-state index is 0.0301. The Morgan fingerprint density at radius 3 is 2.75 bits per heavy atom. The summed E-state index contributed by atoms with van der Waals surface area (Å²) in [7, 11) is 0. The van der Waals surface area contributed by atoms with Gasteiger partial charge in [-0.1, -0.05) is 25.3 Å². The lowest BCUT2D eigenvalue weighted by molar-refractivity contribution is -0.124. The average molecular weight is 275 g/mol. The standard InChI is InChI=1S/C16H25N3O/c1-13-6-5-7-14(19-13)11-18-15(20)10-16(12-17)8-3-2-4-9-16/h5-7H,2-4,8-12,17H2,1H3,(H,18,20). The molecule has 0 spiro atoms. The van der Waals surface area contributed by atoms with Gasteiger partial charge in [-0.15, -0.1) is 0 Å². The van der Waals surface area contributed by atoms with Crippen LogP contribution in [0.25, 0.3) is 0 Å². The molecular weight excluding hydrogens is 250 g/mol. The lowest BCUT2D eigenvalue weighted by atomic mass is 9.71. The molecule has 1 saturated carbocycles. The molecule has 0 atom stereocenters. The van der Waals surface area contributed by atoms with Gasteiger partial charge in [0.1, 0.15) is 0 Å². The number of hydrogen-bond donors (Lipinski definition) is 2. The van der Waals surface area contributed by atoms with Crippen molar-refractivity contribution in [1.29, 1.82) is 0 Å². The normalized spacial score (nSPS) is 17.7. The van der Waals surface area contributed by atoms with Crippen LogP contribution in [0, 0.1) is 12.3 Å². The van der Waals surface area contributed by atoms with Crippen LogP contribution >= 0.6 is 0 Å². The smallest absolute Gasteiger partial charge is 0.220 e. The van der Waals surface area contributed by atoms with Crippen LogP contribution in [-0.4, -0.2) is 17.4 Å². The first-order valence-electron chi connectivity index (χ1n) is 7.53. The summed E-state index contributed by atoms with van der Waals surface area (Å²) in [6.45, 7) is 3.07. The summed E-state index contributed by atoms with van der Waals surface area (Å²) in [5.74, 6) is 0.0978. The number of carbonyl (C=O) groups is 1. The molecule has 1 amide bonds. The Hall–Kier alpha value is -1.42. The molecule has 0 saturated heterocycles. The van der Waals surface area contributed by atoms with Gasteiger partial charge in [0, 0.05) is 12.1 Å². The molecule has 3 N–H and O–H groups in total. The second-order valence-corrected chi connectivity index (χ2v) is 5.99. The van der Waals surface area contributed by atoms with E-state index in [1.54, 1.807) is 0 Å². The number of nitrogens with one attached hydrogen (secondary N) is 1. The molecule has 0 bridgehead atoms. The molecule has 110 valence electrons. The topological polar surface area (TPSA) is 68.0 Å². The van der Waals surface area contributed by atoms with Crippen molar-refractivity contribution in [2.24, 2.45) is 11.1 Å². The summed E-state index contributed by atoms with van der Waals surface area (Å²) < 4.78 is 0. The van der Waals surface area contributed by atoms with E-state index < -0.39 is 0 Å². The minimum Gasteiger partial charge on any atom is -0.350 e. The van der Waals surface area contributed by atoms with Crippen LogP contribution in [0.3, 0.4) is 0 Å². The molecule has 1 aromatic heterocycles. The Kier molecular flexibility index (Phi) is 5.12. The number of pyridine rings is 1. The molecule has 20 heavy (non-hydrogen) atoms. The van der Waals surface area contributed by atoms with E-state index in [9.17, 15) is 4.79 Å². The number of aromatic nitrogens is 1. The van der Waals surface area contributed by atoms with Gasteiger partial charge in [0.2, 0.25) is 5.91 Å². The lowest BCUT2D eigenvalue weighted by Crippen LogP contribution is -2.38. The zero-order chi connectivity index (χ0) is 14.4. The van der Waals surface area contributed by atoms with E-state index in [0.717, 1.165) is 24.2 Å². The van der Waals surface area contributed by atoms with Gasteiger partial charge in [-0.25, -0.2) is 0 Å². The Morgan fingerprint density at radius 1 is 1.35 bits per heavy atom. The number of amides is 1. The van der Waals surface area contributed by atoms with Crippen molar-refractivity contribution in [2.45, 2.75) is 52.0 Å². The Labute approximate surface area is 121 Å². The zero-order valence-electron chi connectivity index (χ0n) is 12.3. The van der Waals surface area contributed by atoms with Gasteiger partial charge in [-0.3, -0.25) is 9.78 Å². The van der Waals surface area contributed by atoms with E-state index in [1.165, 1.54) is 19.3 Å². The fourth-order valence-corrected chi connectivity index (χ4v) is 3.05. The monoisotopic (exact) mass is 275 g/mol. The summed E-state index contributed by atoms with van der Waals surface area (Å²) in [5.41, 5.74) is 7.83. The highest BCUT2D eigenvalue weighted by atomic mass is 16.1. The number of aryl methyl sites for hydroxylation is 1. The van der Waals surface area contributed by atoms with E-state index in [-0.39, 0.29) is 11.3 Å². The van der Waals surface area contributed by atoms with Crippen molar-refractivity contribution in [3.05, 3.63) is 29.6 Å². The quantitative estimate of drug-likeness (QED) is 0.866. The Bertz CT molecular complexity index is 453. The predicted octanol–water partition coefficient (Wildman–Crippen LogP) is 2.31. The van der Waals surface area contributed by atoms with E-state index in [4.69, 9.17) is 5.73 Å². The summed E-state index contributed by atoms with van der Waals surface area (Å²) in [5, 5.41) is 2.98. The zero-order valence-corrected chi connectivity index (χ0v) is 12.3. The molecule has 1 aliphatic rings. The van der Waals surface area contributed by atoms with Gasteiger partial charge in [0.05, 0.1) is 12.2 Å². The first-order chi connectivity index (χ1) is 9.63. The van der Waals surface area contributed by atoms with E-state index in [0.29, 0.717) is 19.5 Å². The fourth-order valence-electron chi connectivity index (χ4n) is 3.05. The molecule has 2 rings (SSSR count). The largest absolute Gasteiger partial charge is 0.350 e. The van der Waals surface area contributed by atoms with E-state index in [2.05, 4.69) is 10.3 Å². The first-order valence-corrected chi connectivity index (χ1v) is 7.53. The molecule has 1 heterocycles. The van der Waals surface area contributed by atoms with Gasteiger partial charge in [-0.2, -0.15) is 0 Å². The van der Waals surface area contributed by atoms with Crippen LogP contribution in [-0.2, 0) is 11.3 Å². The highest BCUT2D eigenvalue weighted by molar-refractivity contribution is 5.76. The van der Waals surface area contributed by atoms with Gasteiger partial charge in [-0.05, 0) is 43.9 Å². The SMILES string of the molecule is Cc1cccc(CNC(=O)CC2(CN)CCCCC2)n1. The third-order valence-electron chi connectivity index (χ3n) is 4.30. The van der Waals surface area contributed by atoms with Crippen LogP contribution in [0.5, 0.6) is 0 Å². The van der Waals surface area contributed by atoms with Crippen molar-refractivity contribution >= 4 is 5.91 Å². The third kappa shape index (κ3) is 4.04. The summed E-state index contributed by atoms with van der Waals surface area (Å²) in [6, 6.07) is 5.86. The number of nitrogens with zero attached hydrogens (tertiary/aromatic N) is 1. The van der Waals surface area contributed by atoms with Crippen molar-refractivity contribution in [3.8, 4) is 0 Å². The maximum Gasteiger partial charge on any atom is 0.220 e. The average Bonchev–Trinajstić information content (AvgIpc) is 2.46. The third-order valence-corrected chi connectivity index (χ3v) is 4.30. The van der Waals surface area contributed by atoms with Gasteiger partial charge < -0.3 is 11.1 Å². The lowest BCUT2D eigenvalue weighted by Gasteiger charge is -2.35. The highest BCUT2D eigenvalue weighted by Crippen LogP contribution is 2.38. The van der Waals surface area contributed by atoms with Gasteiger partial charge >= 0.3 is 0 Å². The molecule has 1 fully saturated rings. The molecule has 0 aliphatic heterocycles. The van der Waals surface area contributed by atoms with Crippen molar-refractivity contribution in [3.63, 3.8) is 0 Å². The molecule has 1 aliphatic carbocycles. The van der Waals surface area contributed by atoms with Crippen molar-refractivity contribution in [2.75, 3.05) is 6.54 Å². The second kappa shape index (κ2) is 6.84. The predicted molar refractivity (Wildman–Crippen MR) is 80.0 cm³/mol. The first kappa shape index (κ1) is 15.0. The van der Waals surface area contributed by atoms with Crippen molar-refractivity contribution in [1.82, 2.24) is 10.3 Å². The summed E-state index contributed by atoms with van der Waals surface area (Å²) in [6.07, 6.45) is 6.39. The molecule has 4 heteroatoms. The molecule has 0 unspecified atom stereocenters. The molecule has 1 aromatic rings. The summed E-state index contributed by atoms with van der Waals surface area (Å²) in [4.78, 5) is 16.5. The fraction of sp³-hybridized carbons (Fsp3) is 0.625. The number of nitrogens with two attached hydrogens (primary N) is 1. The van der Waals surface area contributed by atoms with Crippen LogP contribution < -0.4 is 11.1 Å². The van der Waals surface area contributed by atoms with Crippen LogP contribution in [0.1, 0.15) is 49.9 Å². The number of carbonyl (C=O) groups excluding carboxylic acids is 1. The maximum atomic E-state index is 12.1. The van der Waals surface area contributed by atoms with Crippen LogP contribution in [0.15, 0.2) is 18.2 Å². The second-order valence-electron chi connectivity index (χ2n) is 5.99. The minimum absolute atomic E-state index is 0.0301. The molecule has 0 radical (unpaired) electrons. The van der Waals surface area contributed by atoms with Crippen LogP contribution in [0.2, 0.25) is 0 Å².